The number of pyridine rings is 1. The molecule has 0 bridgehead atoms. The van der Waals surface area contributed by atoms with Crippen LogP contribution in [0.25, 0.3) is 0 Å². The number of halogens is 2. The van der Waals surface area contributed by atoms with E-state index in [1.807, 2.05) is 30.3 Å². The first-order valence-electron chi connectivity index (χ1n) is 5.04. The number of aromatic nitrogens is 1. The van der Waals surface area contributed by atoms with E-state index < -0.39 is 0 Å². The van der Waals surface area contributed by atoms with Crippen molar-refractivity contribution in [1.29, 1.82) is 0 Å². The summed E-state index contributed by atoms with van der Waals surface area (Å²) in [6.45, 7) is 0.663. The van der Waals surface area contributed by atoms with Gasteiger partial charge in [0.2, 0.25) is 0 Å². The van der Waals surface area contributed by atoms with Gasteiger partial charge in [0.25, 0.3) is 0 Å². The van der Waals surface area contributed by atoms with Gasteiger partial charge in [-0.25, -0.2) is 4.98 Å². The lowest BCUT2D eigenvalue weighted by Gasteiger charge is -2.08. The molecule has 3 N–H and O–H groups in total. The summed E-state index contributed by atoms with van der Waals surface area (Å²) in [5.74, 6) is 0.683. The average Bonchev–Trinajstić information content (AvgIpc) is 2.30. The molecule has 0 atom stereocenters. The van der Waals surface area contributed by atoms with Gasteiger partial charge in [-0.05, 0) is 39.7 Å². The molecule has 5 heteroatoms. The zero-order chi connectivity index (χ0) is 12.3. The van der Waals surface area contributed by atoms with Gasteiger partial charge in [-0.1, -0.05) is 23.7 Å². The van der Waals surface area contributed by atoms with Crippen molar-refractivity contribution < 1.29 is 0 Å². The highest BCUT2D eigenvalue weighted by molar-refractivity contribution is 9.10. The fourth-order valence-electron chi connectivity index (χ4n) is 1.39. The van der Waals surface area contributed by atoms with Crippen molar-refractivity contribution in [2.24, 2.45) is 0 Å². The van der Waals surface area contributed by atoms with Gasteiger partial charge >= 0.3 is 0 Å². The molecule has 88 valence electrons. The number of hydrogen-bond acceptors (Lipinski definition) is 3. The fourth-order valence-corrected chi connectivity index (χ4v) is 1.87. The Kier molecular flexibility index (Phi) is 3.86. The van der Waals surface area contributed by atoms with E-state index >= 15 is 0 Å². The van der Waals surface area contributed by atoms with Crippen molar-refractivity contribution in [1.82, 2.24) is 4.98 Å². The van der Waals surface area contributed by atoms with Crippen molar-refractivity contribution in [3.63, 3.8) is 0 Å². The van der Waals surface area contributed by atoms with E-state index in [9.17, 15) is 0 Å². The first-order valence-corrected chi connectivity index (χ1v) is 6.21. The van der Waals surface area contributed by atoms with E-state index in [-0.39, 0.29) is 0 Å². The summed E-state index contributed by atoms with van der Waals surface area (Å²) < 4.78 is 0.868. The van der Waals surface area contributed by atoms with E-state index in [2.05, 4.69) is 26.2 Å². The SMILES string of the molecule is Nc1cc(Br)cnc1NCc1ccc(Cl)cc1. The number of nitrogens with two attached hydrogens (primary N) is 1. The molecule has 0 unspecified atom stereocenters. The molecule has 0 amide bonds. The first-order chi connectivity index (χ1) is 8.15. The second-order valence-electron chi connectivity index (χ2n) is 3.57. The summed E-state index contributed by atoms with van der Waals surface area (Å²) in [7, 11) is 0. The van der Waals surface area contributed by atoms with Crippen LogP contribution in [0.3, 0.4) is 0 Å². The molecule has 17 heavy (non-hydrogen) atoms. The summed E-state index contributed by atoms with van der Waals surface area (Å²) in [5, 5.41) is 3.91. The van der Waals surface area contributed by atoms with Gasteiger partial charge in [0.05, 0.1) is 5.69 Å². The highest BCUT2D eigenvalue weighted by Crippen LogP contribution is 2.20. The third kappa shape index (κ3) is 3.35. The van der Waals surface area contributed by atoms with Gasteiger partial charge in [-0.15, -0.1) is 0 Å². The number of rotatable bonds is 3. The molecule has 0 saturated heterocycles. The zero-order valence-corrected chi connectivity index (χ0v) is 11.3. The van der Waals surface area contributed by atoms with Crippen LogP contribution in [-0.2, 0) is 6.54 Å². The molecular weight excluding hydrogens is 302 g/mol. The predicted octanol–water partition coefficient (Wildman–Crippen LogP) is 3.69. The summed E-state index contributed by atoms with van der Waals surface area (Å²) in [5.41, 5.74) is 7.58. The molecule has 1 heterocycles. The Balaban J connectivity index is 2.04. The van der Waals surface area contributed by atoms with Gasteiger partial charge in [-0.2, -0.15) is 0 Å². The lowest BCUT2D eigenvalue weighted by atomic mass is 10.2. The van der Waals surface area contributed by atoms with Crippen molar-refractivity contribution in [2.45, 2.75) is 6.54 Å². The minimum absolute atomic E-state index is 0.619. The van der Waals surface area contributed by atoms with Crippen molar-refractivity contribution in [2.75, 3.05) is 11.1 Å². The van der Waals surface area contributed by atoms with Crippen LogP contribution in [0.15, 0.2) is 41.0 Å². The third-order valence-corrected chi connectivity index (χ3v) is 2.94. The fraction of sp³-hybridized carbons (Fsp3) is 0.0833. The molecule has 2 aromatic rings. The Bertz CT molecular complexity index is 514. The highest BCUT2D eigenvalue weighted by Gasteiger charge is 2.01. The molecule has 0 aliphatic carbocycles. The molecular formula is C12H11BrClN3. The molecule has 3 nitrogen and oxygen atoms in total. The largest absolute Gasteiger partial charge is 0.396 e. The van der Waals surface area contributed by atoms with Gasteiger partial charge < -0.3 is 11.1 Å². The molecule has 2 rings (SSSR count). The van der Waals surface area contributed by atoms with Crippen LogP contribution in [0.2, 0.25) is 5.02 Å². The van der Waals surface area contributed by atoms with E-state index in [1.54, 1.807) is 6.20 Å². The second kappa shape index (κ2) is 5.38. The summed E-state index contributed by atoms with van der Waals surface area (Å²) in [6, 6.07) is 9.46. The van der Waals surface area contributed by atoms with E-state index in [4.69, 9.17) is 17.3 Å². The number of anilines is 2. The van der Waals surface area contributed by atoms with E-state index in [0.717, 1.165) is 15.1 Å². The standard InChI is InChI=1S/C12H11BrClN3/c13-9-5-11(15)12(17-7-9)16-6-8-1-3-10(14)4-2-8/h1-5,7H,6,15H2,(H,16,17). The Hall–Kier alpha value is -1.26. The number of nitrogen functional groups attached to an aromatic ring is 1. The molecule has 1 aromatic carbocycles. The predicted molar refractivity (Wildman–Crippen MR) is 75.1 cm³/mol. The quantitative estimate of drug-likeness (QED) is 0.908. The maximum absolute atomic E-state index is 5.83. The maximum Gasteiger partial charge on any atom is 0.149 e. The van der Waals surface area contributed by atoms with E-state index in [1.165, 1.54) is 0 Å². The molecule has 0 aliphatic rings. The van der Waals surface area contributed by atoms with Crippen LogP contribution < -0.4 is 11.1 Å². The number of nitrogens with one attached hydrogen (secondary N) is 1. The minimum atomic E-state index is 0.619. The van der Waals surface area contributed by atoms with Gasteiger partial charge in [-0.3, -0.25) is 0 Å². The first kappa shape index (κ1) is 12.2. The smallest absolute Gasteiger partial charge is 0.149 e. The maximum atomic E-state index is 5.83. The molecule has 0 radical (unpaired) electrons. The molecule has 0 spiro atoms. The zero-order valence-electron chi connectivity index (χ0n) is 8.95. The van der Waals surface area contributed by atoms with Crippen LogP contribution in [0, 0.1) is 0 Å². The third-order valence-electron chi connectivity index (χ3n) is 2.26. The topological polar surface area (TPSA) is 50.9 Å². The Morgan fingerprint density at radius 2 is 2.00 bits per heavy atom. The number of benzene rings is 1. The van der Waals surface area contributed by atoms with E-state index in [0.29, 0.717) is 18.1 Å². The van der Waals surface area contributed by atoms with Gasteiger partial charge in [0.15, 0.2) is 0 Å². The summed E-state index contributed by atoms with van der Waals surface area (Å²) in [4.78, 5) is 4.20. The van der Waals surface area contributed by atoms with Crippen LogP contribution >= 0.6 is 27.5 Å². The molecule has 1 aromatic heterocycles. The minimum Gasteiger partial charge on any atom is -0.396 e. The number of nitrogens with zero attached hydrogens (tertiary/aromatic N) is 1. The monoisotopic (exact) mass is 311 g/mol. The Labute approximate surface area is 113 Å². The van der Waals surface area contributed by atoms with Crippen LogP contribution in [0.1, 0.15) is 5.56 Å². The highest BCUT2D eigenvalue weighted by atomic mass is 79.9. The van der Waals surface area contributed by atoms with Crippen molar-refractivity contribution in [3.05, 3.63) is 51.6 Å². The second-order valence-corrected chi connectivity index (χ2v) is 4.92. The normalized spacial score (nSPS) is 10.2. The summed E-state index contributed by atoms with van der Waals surface area (Å²) >= 11 is 9.13. The van der Waals surface area contributed by atoms with Crippen LogP contribution in [0.4, 0.5) is 11.5 Å². The van der Waals surface area contributed by atoms with Crippen molar-refractivity contribution >= 4 is 39.0 Å². The summed E-state index contributed by atoms with van der Waals surface area (Å²) in [6.07, 6.45) is 1.71. The Morgan fingerprint density at radius 1 is 1.29 bits per heavy atom. The average molecular weight is 313 g/mol. The number of hydrogen-bond donors (Lipinski definition) is 2. The van der Waals surface area contributed by atoms with Gasteiger partial charge in [0.1, 0.15) is 5.82 Å². The molecule has 0 aliphatic heterocycles. The van der Waals surface area contributed by atoms with Crippen molar-refractivity contribution in [3.8, 4) is 0 Å². The molecule has 0 saturated carbocycles. The molecule has 0 fully saturated rings. The van der Waals surface area contributed by atoms with Crippen LogP contribution in [0.5, 0.6) is 0 Å². The lowest BCUT2D eigenvalue weighted by molar-refractivity contribution is 1.11. The van der Waals surface area contributed by atoms with Gasteiger partial charge in [0, 0.05) is 22.2 Å². The van der Waals surface area contributed by atoms with Crippen LogP contribution in [-0.4, -0.2) is 4.98 Å². The lowest BCUT2D eigenvalue weighted by Crippen LogP contribution is -2.04. The Morgan fingerprint density at radius 3 is 2.65 bits per heavy atom.